The number of sulfone groups is 1. The van der Waals surface area contributed by atoms with Crippen molar-refractivity contribution in [1.29, 1.82) is 0 Å². The summed E-state index contributed by atoms with van der Waals surface area (Å²) in [7, 11) is -2.90. The van der Waals surface area contributed by atoms with Gasteiger partial charge in [-0.15, -0.1) is 0 Å². The quantitative estimate of drug-likeness (QED) is 0.665. The van der Waals surface area contributed by atoms with E-state index in [0.29, 0.717) is 24.0 Å². The number of nitrogens with two attached hydrogens (primary N) is 1. The molecule has 0 aromatic carbocycles. The Bertz CT molecular complexity index is 299. The molecule has 2 N–H and O–H groups in total. The summed E-state index contributed by atoms with van der Waals surface area (Å²) in [6.45, 7) is 5.32. The fourth-order valence-electron chi connectivity index (χ4n) is 1.17. The summed E-state index contributed by atoms with van der Waals surface area (Å²) in [6, 6.07) is 0.307. The topological polar surface area (TPSA) is 63.4 Å². The average molecular weight is 252 g/mol. The highest BCUT2D eigenvalue weighted by Crippen LogP contribution is 2.00. The maximum Gasteiger partial charge on any atom is 0.148 e. The van der Waals surface area contributed by atoms with Crippen molar-refractivity contribution in [1.82, 2.24) is 4.90 Å². The summed E-state index contributed by atoms with van der Waals surface area (Å²) < 4.78 is 22.0. The Balaban J connectivity index is 4.11. The first-order chi connectivity index (χ1) is 6.72. The van der Waals surface area contributed by atoms with Crippen LogP contribution in [0.5, 0.6) is 0 Å². The summed E-state index contributed by atoms with van der Waals surface area (Å²) in [4.78, 5) is 2.54. The Morgan fingerprint density at radius 1 is 1.40 bits per heavy atom. The molecule has 0 saturated heterocycles. The third kappa shape index (κ3) is 8.77. The third-order valence-corrected chi connectivity index (χ3v) is 3.25. The zero-order chi connectivity index (χ0) is 12.1. The van der Waals surface area contributed by atoms with Crippen LogP contribution in [0.4, 0.5) is 0 Å². The van der Waals surface area contributed by atoms with E-state index >= 15 is 0 Å². The van der Waals surface area contributed by atoms with Gasteiger partial charge in [-0.25, -0.2) is 8.42 Å². The van der Waals surface area contributed by atoms with E-state index in [1.54, 1.807) is 0 Å². The molecule has 0 bridgehead atoms. The molecule has 6 heteroatoms. The average Bonchev–Trinajstić information content (AvgIpc) is 2.00. The van der Waals surface area contributed by atoms with Crippen molar-refractivity contribution in [2.75, 3.05) is 25.1 Å². The van der Waals surface area contributed by atoms with Gasteiger partial charge in [0, 0.05) is 31.8 Å². The van der Waals surface area contributed by atoms with Crippen LogP contribution in [0.25, 0.3) is 0 Å². The first-order valence-corrected chi connectivity index (χ1v) is 7.39. The van der Waals surface area contributed by atoms with Crippen LogP contribution in [0.1, 0.15) is 20.3 Å². The van der Waals surface area contributed by atoms with Gasteiger partial charge in [0.15, 0.2) is 0 Å². The Kier molecular flexibility index (Phi) is 6.31. The molecule has 0 aliphatic carbocycles. The lowest BCUT2D eigenvalue weighted by Crippen LogP contribution is -2.37. The molecule has 15 heavy (non-hydrogen) atoms. The van der Waals surface area contributed by atoms with Crippen LogP contribution in [0.3, 0.4) is 0 Å². The Morgan fingerprint density at radius 2 is 1.93 bits per heavy atom. The fourth-order valence-corrected chi connectivity index (χ4v) is 1.82. The predicted molar refractivity (Wildman–Crippen MR) is 67.8 cm³/mol. The second-order valence-corrected chi connectivity index (χ2v) is 6.76. The highest BCUT2D eigenvalue weighted by molar-refractivity contribution is 7.90. The van der Waals surface area contributed by atoms with Gasteiger partial charge >= 0.3 is 0 Å². The van der Waals surface area contributed by atoms with Crippen LogP contribution in [0, 0.1) is 0 Å². The van der Waals surface area contributed by atoms with Gasteiger partial charge in [0.1, 0.15) is 9.84 Å². The first kappa shape index (κ1) is 14.8. The van der Waals surface area contributed by atoms with Gasteiger partial charge < -0.3 is 5.73 Å². The molecular weight excluding hydrogens is 232 g/mol. The molecule has 90 valence electrons. The van der Waals surface area contributed by atoms with Gasteiger partial charge in [-0.2, -0.15) is 0 Å². The summed E-state index contributed by atoms with van der Waals surface area (Å²) >= 11 is 4.79. The number of rotatable bonds is 7. The van der Waals surface area contributed by atoms with E-state index in [2.05, 4.69) is 4.90 Å². The van der Waals surface area contributed by atoms with Crippen molar-refractivity contribution in [3.8, 4) is 0 Å². The molecule has 0 rings (SSSR count). The molecule has 4 nitrogen and oxygen atoms in total. The minimum absolute atomic E-state index is 0.183. The molecule has 0 aromatic heterocycles. The van der Waals surface area contributed by atoms with E-state index in [-0.39, 0.29) is 5.75 Å². The number of nitrogens with zero attached hydrogens (tertiary/aromatic N) is 1. The van der Waals surface area contributed by atoms with Crippen molar-refractivity contribution in [2.24, 2.45) is 5.73 Å². The Labute approximate surface area is 97.7 Å². The molecule has 0 atom stereocenters. The molecule has 0 aromatic rings. The summed E-state index contributed by atoms with van der Waals surface area (Å²) in [5, 5.41) is 0. The normalized spacial score (nSPS) is 12.3. The minimum atomic E-state index is -2.90. The highest BCUT2D eigenvalue weighted by Gasteiger charge is 2.12. The minimum Gasteiger partial charge on any atom is -0.393 e. The van der Waals surface area contributed by atoms with Gasteiger partial charge in [-0.1, -0.05) is 12.2 Å². The van der Waals surface area contributed by atoms with E-state index in [1.807, 2.05) is 13.8 Å². The van der Waals surface area contributed by atoms with Crippen molar-refractivity contribution in [3.05, 3.63) is 0 Å². The van der Waals surface area contributed by atoms with Crippen molar-refractivity contribution >= 4 is 27.0 Å². The van der Waals surface area contributed by atoms with Crippen molar-refractivity contribution < 1.29 is 8.42 Å². The van der Waals surface area contributed by atoms with Crippen LogP contribution in [-0.4, -0.2) is 49.4 Å². The lowest BCUT2D eigenvalue weighted by Gasteiger charge is -2.25. The van der Waals surface area contributed by atoms with Crippen LogP contribution in [0.2, 0.25) is 0 Å². The number of thiocarbonyl (C=S) groups is 1. The first-order valence-electron chi connectivity index (χ1n) is 4.92. The van der Waals surface area contributed by atoms with Crippen LogP contribution >= 0.6 is 12.2 Å². The molecule has 0 unspecified atom stereocenters. The molecule has 0 heterocycles. The van der Waals surface area contributed by atoms with E-state index in [4.69, 9.17) is 18.0 Å². The molecule has 0 aliphatic heterocycles. The van der Waals surface area contributed by atoms with E-state index < -0.39 is 9.84 Å². The van der Waals surface area contributed by atoms with E-state index in [1.165, 1.54) is 6.26 Å². The van der Waals surface area contributed by atoms with Gasteiger partial charge in [0.05, 0.1) is 10.7 Å². The highest BCUT2D eigenvalue weighted by atomic mass is 32.2. The Hall–Kier alpha value is -0.200. The van der Waals surface area contributed by atoms with Gasteiger partial charge in [-0.3, -0.25) is 4.90 Å². The summed E-state index contributed by atoms with van der Waals surface area (Å²) in [6.07, 6.45) is 1.89. The van der Waals surface area contributed by atoms with Gasteiger partial charge in [-0.05, 0) is 13.8 Å². The SMILES string of the molecule is CC(C)N(CCC(N)=S)CCS(C)(=O)=O. The molecule has 0 saturated carbocycles. The molecule has 0 aliphatic rings. The smallest absolute Gasteiger partial charge is 0.148 e. The molecule has 0 fully saturated rings. The largest absolute Gasteiger partial charge is 0.393 e. The zero-order valence-corrected chi connectivity index (χ0v) is 11.2. The predicted octanol–water partition coefficient (Wildman–Crippen LogP) is 0.418. The molecular formula is C9H20N2O2S2. The second-order valence-electron chi connectivity index (χ2n) is 3.98. The maximum absolute atomic E-state index is 11.0. The number of hydrogen-bond acceptors (Lipinski definition) is 4. The maximum atomic E-state index is 11.0. The molecule has 0 radical (unpaired) electrons. The standard InChI is InChI=1S/C9H20N2O2S2/c1-8(2)11(5-4-9(10)14)6-7-15(3,12)13/h8H,4-7H2,1-3H3,(H2,10,14). The van der Waals surface area contributed by atoms with Crippen molar-refractivity contribution in [2.45, 2.75) is 26.3 Å². The van der Waals surface area contributed by atoms with Gasteiger partial charge in [0.25, 0.3) is 0 Å². The lowest BCUT2D eigenvalue weighted by atomic mass is 10.3. The summed E-state index contributed by atoms with van der Waals surface area (Å²) in [5.74, 6) is 0.183. The fraction of sp³-hybridized carbons (Fsp3) is 0.889. The van der Waals surface area contributed by atoms with Gasteiger partial charge in [0.2, 0.25) is 0 Å². The second kappa shape index (κ2) is 6.40. The Morgan fingerprint density at radius 3 is 2.27 bits per heavy atom. The van der Waals surface area contributed by atoms with Crippen LogP contribution in [-0.2, 0) is 9.84 Å². The van der Waals surface area contributed by atoms with Crippen LogP contribution in [0.15, 0.2) is 0 Å². The zero-order valence-electron chi connectivity index (χ0n) is 9.56. The van der Waals surface area contributed by atoms with Crippen LogP contribution < -0.4 is 5.73 Å². The van der Waals surface area contributed by atoms with E-state index in [0.717, 1.165) is 6.54 Å². The summed E-state index contributed by atoms with van der Waals surface area (Å²) in [5.41, 5.74) is 5.41. The van der Waals surface area contributed by atoms with E-state index in [9.17, 15) is 8.42 Å². The lowest BCUT2D eigenvalue weighted by molar-refractivity contribution is 0.241. The molecule has 0 spiro atoms. The number of hydrogen-bond donors (Lipinski definition) is 1. The third-order valence-electron chi connectivity index (χ3n) is 2.13. The monoisotopic (exact) mass is 252 g/mol. The molecule has 0 amide bonds. The van der Waals surface area contributed by atoms with Crippen molar-refractivity contribution in [3.63, 3.8) is 0 Å².